The highest BCUT2D eigenvalue weighted by molar-refractivity contribution is 6.32. The number of aliphatic imine (C=N–C) groups is 1. The summed E-state index contributed by atoms with van der Waals surface area (Å²) in [5.74, 6) is 1.83. The molecule has 0 bridgehead atoms. The van der Waals surface area contributed by atoms with E-state index in [1.54, 1.807) is 0 Å². The molecule has 2 aromatic carbocycles. The van der Waals surface area contributed by atoms with Gasteiger partial charge in [0, 0.05) is 23.7 Å². The number of nitrogens with zero attached hydrogens (tertiary/aromatic N) is 1. The lowest BCUT2D eigenvalue weighted by Gasteiger charge is -2.15. The molecule has 3 nitrogen and oxygen atoms in total. The summed E-state index contributed by atoms with van der Waals surface area (Å²) in [6, 6.07) is 12.3. The summed E-state index contributed by atoms with van der Waals surface area (Å²) in [4.78, 5) is 4.54. The minimum atomic E-state index is 0.529. The maximum Gasteiger partial charge on any atom is 0.128 e. The molecule has 0 saturated heterocycles. The van der Waals surface area contributed by atoms with Gasteiger partial charge in [0.15, 0.2) is 0 Å². The second-order valence-corrected chi connectivity index (χ2v) is 6.25. The molecule has 1 aliphatic rings. The van der Waals surface area contributed by atoms with Crippen LogP contribution in [0.4, 0.5) is 0 Å². The van der Waals surface area contributed by atoms with E-state index in [9.17, 15) is 0 Å². The molecule has 0 fully saturated rings. The van der Waals surface area contributed by atoms with E-state index < -0.39 is 0 Å². The van der Waals surface area contributed by atoms with Crippen LogP contribution in [-0.4, -0.2) is 18.9 Å². The number of amidine groups is 1. The van der Waals surface area contributed by atoms with Crippen molar-refractivity contribution in [1.82, 2.24) is 5.32 Å². The molecule has 3 rings (SSSR count). The second kappa shape index (κ2) is 7.05. The van der Waals surface area contributed by atoms with E-state index in [0.29, 0.717) is 6.61 Å². The first-order valence-electron chi connectivity index (χ1n) is 7.90. The first kappa shape index (κ1) is 15.9. The zero-order valence-electron chi connectivity index (χ0n) is 13.5. The van der Waals surface area contributed by atoms with Crippen LogP contribution < -0.4 is 10.1 Å². The van der Waals surface area contributed by atoms with Gasteiger partial charge in [-0.15, -0.1) is 0 Å². The lowest BCUT2D eigenvalue weighted by molar-refractivity contribution is 0.306. The highest BCUT2D eigenvalue weighted by Gasteiger charge is 2.08. The van der Waals surface area contributed by atoms with Gasteiger partial charge in [-0.05, 0) is 55.2 Å². The summed E-state index contributed by atoms with van der Waals surface area (Å²) >= 11 is 6.20. The van der Waals surface area contributed by atoms with E-state index >= 15 is 0 Å². The van der Waals surface area contributed by atoms with Crippen molar-refractivity contribution in [2.75, 3.05) is 13.1 Å². The van der Waals surface area contributed by atoms with Gasteiger partial charge >= 0.3 is 0 Å². The number of rotatable bonds is 4. The number of halogens is 1. The van der Waals surface area contributed by atoms with Crippen molar-refractivity contribution in [2.45, 2.75) is 26.9 Å². The van der Waals surface area contributed by atoms with Gasteiger partial charge < -0.3 is 10.1 Å². The Morgan fingerprint density at radius 1 is 1.17 bits per heavy atom. The van der Waals surface area contributed by atoms with Gasteiger partial charge in [0.05, 0.1) is 0 Å². The molecular weight excluding hydrogens is 308 g/mol. The van der Waals surface area contributed by atoms with E-state index in [4.69, 9.17) is 16.3 Å². The quantitative estimate of drug-likeness (QED) is 0.909. The van der Waals surface area contributed by atoms with Crippen molar-refractivity contribution >= 4 is 17.4 Å². The third-order valence-electron chi connectivity index (χ3n) is 3.91. The Morgan fingerprint density at radius 2 is 1.96 bits per heavy atom. The smallest absolute Gasteiger partial charge is 0.128 e. The van der Waals surface area contributed by atoms with Crippen LogP contribution in [0, 0.1) is 13.8 Å². The van der Waals surface area contributed by atoms with Gasteiger partial charge in [-0.3, -0.25) is 4.99 Å². The molecule has 0 amide bonds. The fourth-order valence-corrected chi connectivity index (χ4v) is 2.80. The fourth-order valence-electron chi connectivity index (χ4n) is 2.69. The zero-order valence-corrected chi connectivity index (χ0v) is 14.3. The molecule has 0 atom stereocenters. The minimum absolute atomic E-state index is 0.529. The standard InChI is InChI=1S/C19H21ClN2O/c1-13-9-17(10-14(2)18(13)20)23-12-15-5-3-6-16(11-15)19-21-7-4-8-22-19/h3,5-6,9-11H,4,7-8,12H2,1-2H3,(H,21,22). The molecular formula is C19H21ClN2O. The fraction of sp³-hybridized carbons (Fsp3) is 0.316. The maximum atomic E-state index is 6.20. The summed E-state index contributed by atoms with van der Waals surface area (Å²) in [6.07, 6.45) is 1.10. The molecule has 0 unspecified atom stereocenters. The summed E-state index contributed by atoms with van der Waals surface area (Å²) in [5.41, 5.74) is 4.32. The average molecular weight is 329 g/mol. The normalized spacial score (nSPS) is 14.1. The van der Waals surface area contributed by atoms with E-state index in [-0.39, 0.29) is 0 Å². The monoisotopic (exact) mass is 328 g/mol. The Morgan fingerprint density at radius 3 is 2.65 bits per heavy atom. The van der Waals surface area contributed by atoms with E-state index in [2.05, 4.69) is 28.5 Å². The highest BCUT2D eigenvalue weighted by Crippen LogP contribution is 2.26. The largest absolute Gasteiger partial charge is 0.489 e. The summed E-state index contributed by atoms with van der Waals surface area (Å²) in [5, 5.41) is 4.16. The van der Waals surface area contributed by atoms with Crippen molar-refractivity contribution in [3.05, 3.63) is 63.7 Å². The number of aryl methyl sites for hydroxylation is 2. The van der Waals surface area contributed by atoms with E-state index in [1.165, 1.54) is 0 Å². The van der Waals surface area contributed by atoms with Crippen molar-refractivity contribution in [1.29, 1.82) is 0 Å². The number of ether oxygens (including phenoxy) is 1. The van der Waals surface area contributed by atoms with Gasteiger partial charge in [0.2, 0.25) is 0 Å². The van der Waals surface area contributed by atoms with Gasteiger partial charge in [-0.25, -0.2) is 0 Å². The molecule has 23 heavy (non-hydrogen) atoms. The Hall–Kier alpha value is -2.00. The Balaban J connectivity index is 1.72. The Labute approximate surface area is 142 Å². The van der Waals surface area contributed by atoms with Gasteiger partial charge in [0.25, 0.3) is 0 Å². The molecule has 2 aromatic rings. The van der Waals surface area contributed by atoms with Crippen molar-refractivity contribution in [2.24, 2.45) is 4.99 Å². The first-order chi connectivity index (χ1) is 11.1. The number of nitrogens with one attached hydrogen (secondary N) is 1. The van der Waals surface area contributed by atoms with Crippen LogP contribution in [-0.2, 0) is 6.61 Å². The SMILES string of the molecule is Cc1cc(OCc2cccc(C3=NCCCN3)c2)cc(C)c1Cl. The summed E-state index contributed by atoms with van der Waals surface area (Å²) < 4.78 is 5.93. The lowest BCUT2D eigenvalue weighted by atomic mass is 10.1. The van der Waals surface area contributed by atoms with Crippen LogP contribution in [0.5, 0.6) is 5.75 Å². The molecule has 1 heterocycles. The molecule has 0 radical (unpaired) electrons. The zero-order chi connectivity index (χ0) is 16.2. The van der Waals surface area contributed by atoms with Crippen LogP contribution in [0.3, 0.4) is 0 Å². The molecule has 0 spiro atoms. The van der Waals surface area contributed by atoms with Crippen LogP contribution in [0.2, 0.25) is 5.02 Å². The Bertz CT molecular complexity index is 717. The predicted octanol–water partition coefficient (Wildman–Crippen LogP) is 4.28. The van der Waals surface area contributed by atoms with Gasteiger partial charge in [-0.1, -0.05) is 29.8 Å². The van der Waals surface area contributed by atoms with Crippen molar-refractivity contribution in [3.8, 4) is 5.75 Å². The molecule has 1 N–H and O–H groups in total. The predicted molar refractivity (Wildman–Crippen MR) is 95.7 cm³/mol. The van der Waals surface area contributed by atoms with Crippen LogP contribution in [0.1, 0.15) is 28.7 Å². The third-order valence-corrected chi connectivity index (χ3v) is 4.51. The van der Waals surface area contributed by atoms with Crippen LogP contribution in [0.15, 0.2) is 41.4 Å². The third kappa shape index (κ3) is 3.85. The lowest BCUT2D eigenvalue weighted by Crippen LogP contribution is -2.30. The van der Waals surface area contributed by atoms with E-state index in [1.807, 2.05) is 32.0 Å². The highest BCUT2D eigenvalue weighted by atomic mass is 35.5. The van der Waals surface area contributed by atoms with Crippen LogP contribution in [0.25, 0.3) is 0 Å². The summed E-state index contributed by atoms with van der Waals surface area (Å²) in [7, 11) is 0. The number of hydrogen-bond donors (Lipinski definition) is 1. The van der Waals surface area contributed by atoms with Gasteiger partial charge in [-0.2, -0.15) is 0 Å². The molecule has 120 valence electrons. The van der Waals surface area contributed by atoms with Gasteiger partial charge in [0.1, 0.15) is 18.2 Å². The maximum absolute atomic E-state index is 6.20. The van der Waals surface area contributed by atoms with Crippen molar-refractivity contribution < 1.29 is 4.74 Å². The number of benzene rings is 2. The average Bonchev–Trinajstić information content (AvgIpc) is 2.59. The molecule has 1 aliphatic heterocycles. The van der Waals surface area contributed by atoms with E-state index in [0.717, 1.165) is 58.4 Å². The molecule has 0 aliphatic carbocycles. The minimum Gasteiger partial charge on any atom is -0.489 e. The molecule has 4 heteroatoms. The number of hydrogen-bond acceptors (Lipinski definition) is 3. The molecule has 0 aromatic heterocycles. The Kier molecular flexibility index (Phi) is 4.87. The van der Waals surface area contributed by atoms with Crippen LogP contribution >= 0.6 is 11.6 Å². The second-order valence-electron chi connectivity index (χ2n) is 5.87. The van der Waals surface area contributed by atoms with Crippen molar-refractivity contribution in [3.63, 3.8) is 0 Å². The summed E-state index contributed by atoms with van der Waals surface area (Å²) in [6.45, 7) is 6.41. The first-order valence-corrected chi connectivity index (χ1v) is 8.28. The molecule has 0 saturated carbocycles. The topological polar surface area (TPSA) is 33.6 Å².